The maximum absolute atomic E-state index is 12.5. The van der Waals surface area contributed by atoms with Gasteiger partial charge in [0, 0.05) is 0 Å². The van der Waals surface area contributed by atoms with E-state index in [2.05, 4.69) is 23.3 Å². The van der Waals surface area contributed by atoms with Gasteiger partial charge in [0.15, 0.2) is 6.26 Å². The predicted molar refractivity (Wildman–Crippen MR) is 120 cm³/mol. The first-order valence-corrected chi connectivity index (χ1v) is 10.2. The second-order valence-corrected chi connectivity index (χ2v) is 7.08. The first-order chi connectivity index (χ1) is 15.2. The normalized spacial score (nSPS) is 10.4. The Morgan fingerprint density at radius 1 is 0.903 bits per heavy atom. The van der Waals surface area contributed by atoms with Gasteiger partial charge >= 0.3 is 5.97 Å². The quantitative estimate of drug-likeness (QED) is 0.0710. The molecule has 31 heavy (non-hydrogen) atoms. The van der Waals surface area contributed by atoms with Gasteiger partial charge < -0.3 is 14.4 Å². The van der Waals surface area contributed by atoms with Gasteiger partial charge in [-0.3, -0.25) is 0 Å². The molecule has 0 aliphatic rings. The van der Waals surface area contributed by atoms with Crippen molar-refractivity contribution in [2.45, 2.75) is 26.2 Å². The summed E-state index contributed by atoms with van der Waals surface area (Å²) in [4.78, 5) is 22.1. The molecule has 0 saturated heterocycles. The van der Waals surface area contributed by atoms with Crippen LogP contribution in [0.5, 0.6) is 11.5 Å². The molecule has 3 aromatic carbocycles. The molecule has 0 heterocycles. The summed E-state index contributed by atoms with van der Waals surface area (Å²) >= 11 is 0. The van der Waals surface area contributed by atoms with E-state index in [0.717, 1.165) is 35.8 Å². The summed E-state index contributed by atoms with van der Waals surface area (Å²) in [7, 11) is 0. The number of fused-ring (bicyclic) bond motifs is 1. The third-order valence-electron chi connectivity index (χ3n) is 4.61. The Bertz CT molecular complexity index is 1050. The van der Waals surface area contributed by atoms with E-state index in [1.165, 1.54) is 11.8 Å². The number of esters is 1. The summed E-state index contributed by atoms with van der Waals surface area (Å²) in [6, 6.07) is 18.8. The lowest BCUT2D eigenvalue weighted by atomic mass is 10.0. The highest BCUT2D eigenvalue weighted by molar-refractivity contribution is 5.96. The minimum absolute atomic E-state index is 0.383. The Hall–Kier alpha value is -3.53. The molecule has 160 valence electrons. The van der Waals surface area contributed by atoms with Gasteiger partial charge in [-0.1, -0.05) is 42.1 Å². The van der Waals surface area contributed by atoms with Crippen molar-refractivity contribution in [3.8, 4) is 11.5 Å². The molecule has 0 radical (unpaired) electrons. The van der Waals surface area contributed by atoms with Crippen molar-refractivity contribution >= 4 is 16.7 Å². The van der Waals surface area contributed by atoms with Crippen molar-refractivity contribution < 1.29 is 24.0 Å². The average molecular weight is 418 g/mol. The minimum Gasteiger partial charge on any atom is -0.494 e. The highest BCUT2D eigenvalue weighted by Crippen LogP contribution is 2.21. The second-order valence-electron chi connectivity index (χ2n) is 7.08. The zero-order valence-corrected chi connectivity index (χ0v) is 17.6. The van der Waals surface area contributed by atoms with Crippen LogP contribution in [0.2, 0.25) is 0 Å². The molecule has 0 N–H and O–H groups in total. The van der Waals surface area contributed by atoms with E-state index in [9.17, 15) is 4.79 Å². The average Bonchev–Trinajstić information content (AvgIpc) is 2.78. The van der Waals surface area contributed by atoms with Crippen LogP contribution in [-0.4, -0.2) is 19.2 Å². The molecule has 0 fully saturated rings. The van der Waals surface area contributed by atoms with Crippen molar-refractivity contribution in [3.63, 3.8) is 0 Å². The van der Waals surface area contributed by atoms with Crippen LogP contribution in [0.4, 0.5) is 0 Å². The SMILES string of the molecule is C=C=COOCCCCCOc1ccc(OC(=O)c2ccc3cc(C)ccc3c2)cc1. The van der Waals surface area contributed by atoms with E-state index in [1.54, 1.807) is 30.3 Å². The monoisotopic (exact) mass is 418 g/mol. The number of ether oxygens (including phenoxy) is 2. The Kier molecular flexibility index (Phi) is 8.29. The Balaban J connectivity index is 1.42. The number of hydrogen-bond acceptors (Lipinski definition) is 5. The summed E-state index contributed by atoms with van der Waals surface area (Å²) in [6.07, 6.45) is 4.01. The molecule has 0 aromatic heterocycles. The molecular formula is C26H26O5. The van der Waals surface area contributed by atoms with Gasteiger partial charge in [-0.2, -0.15) is 4.89 Å². The molecule has 0 unspecified atom stereocenters. The largest absolute Gasteiger partial charge is 0.494 e. The summed E-state index contributed by atoms with van der Waals surface area (Å²) in [6.45, 7) is 6.52. The molecule has 3 rings (SSSR count). The zero-order valence-electron chi connectivity index (χ0n) is 17.6. The maximum Gasteiger partial charge on any atom is 0.343 e. The first kappa shape index (κ1) is 22.2. The van der Waals surface area contributed by atoms with Gasteiger partial charge in [-0.15, -0.1) is 0 Å². The van der Waals surface area contributed by atoms with E-state index < -0.39 is 0 Å². The van der Waals surface area contributed by atoms with Crippen LogP contribution < -0.4 is 9.47 Å². The van der Waals surface area contributed by atoms with Crippen molar-refractivity contribution in [3.05, 3.63) is 90.4 Å². The van der Waals surface area contributed by atoms with E-state index in [-0.39, 0.29) is 5.97 Å². The highest BCUT2D eigenvalue weighted by atomic mass is 17.2. The van der Waals surface area contributed by atoms with Gasteiger partial charge in [0.25, 0.3) is 0 Å². The standard InChI is InChI=1S/C26H26O5/c1-3-15-29-30-17-6-4-5-16-28-24-11-13-25(14-12-24)31-26(27)23-10-9-21-18-20(2)7-8-22(21)19-23/h7-15,18-19H,1,4-6,16-17H2,2H3. The van der Waals surface area contributed by atoms with E-state index in [1.807, 2.05) is 31.2 Å². The topological polar surface area (TPSA) is 54.0 Å². The van der Waals surface area contributed by atoms with Gasteiger partial charge in [0.1, 0.15) is 11.5 Å². The number of carbonyl (C=O) groups excluding carboxylic acids is 1. The molecule has 0 bridgehead atoms. The second kappa shape index (κ2) is 11.6. The number of benzene rings is 3. The number of unbranched alkanes of at least 4 members (excludes halogenated alkanes) is 2. The summed E-state index contributed by atoms with van der Waals surface area (Å²) in [5.74, 6) is 0.828. The molecular weight excluding hydrogens is 392 g/mol. The molecule has 0 aliphatic carbocycles. The van der Waals surface area contributed by atoms with Crippen molar-refractivity contribution in [1.82, 2.24) is 0 Å². The Morgan fingerprint density at radius 2 is 1.61 bits per heavy atom. The third kappa shape index (κ3) is 7.03. The van der Waals surface area contributed by atoms with Gasteiger partial charge in [0.05, 0.1) is 18.8 Å². The molecule has 0 atom stereocenters. The molecule has 0 aliphatic heterocycles. The predicted octanol–water partition coefficient (Wildman–Crippen LogP) is 6.16. The fourth-order valence-corrected chi connectivity index (χ4v) is 3.01. The van der Waals surface area contributed by atoms with Crippen molar-refractivity contribution in [1.29, 1.82) is 0 Å². The summed E-state index contributed by atoms with van der Waals surface area (Å²) < 4.78 is 11.2. The van der Waals surface area contributed by atoms with Crippen LogP contribution >= 0.6 is 0 Å². The van der Waals surface area contributed by atoms with E-state index in [0.29, 0.717) is 24.5 Å². The molecule has 0 saturated carbocycles. The maximum atomic E-state index is 12.5. The van der Waals surface area contributed by atoms with Crippen LogP contribution in [0.15, 0.2) is 79.2 Å². The van der Waals surface area contributed by atoms with Crippen LogP contribution in [-0.2, 0) is 9.78 Å². The van der Waals surface area contributed by atoms with Crippen molar-refractivity contribution in [2.24, 2.45) is 0 Å². The molecule has 0 amide bonds. The van der Waals surface area contributed by atoms with Crippen LogP contribution in [0, 0.1) is 6.92 Å². The summed E-state index contributed by atoms with van der Waals surface area (Å²) in [5, 5.41) is 2.11. The van der Waals surface area contributed by atoms with Gasteiger partial charge in [0.2, 0.25) is 0 Å². The number of rotatable bonds is 11. The smallest absolute Gasteiger partial charge is 0.343 e. The lowest BCUT2D eigenvalue weighted by Gasteiger charge is -2.08. The molecule has 0 spiro atoms. The third-order valence-corrected chi connectivity index (χ3v) is 4.61. The lowest BCUT2D eigenvalue weighted by molar-refractivity contribution is -0.248. The Morgan fingerprint density at radius 3 is 2.42 bits per heavy atom. The number of hydrogen-bond donors (Lipinski definition) is 0. The lowest BCUT2D eigenvalue weighted by Crippen LogP contribution is -2.08. The van der Waals surface area contributed by atoms with E-state index in [4.69, 9.17) is 14.4 Å². The Labute approximate surface area is 182 Å². The van der Waals surface area contributed by atoms with Crippen molar-refractivity contribution in [2.75, 3.05) is 13.2 Å². The van der Waals surface area contributed by atoms with Crippen LogP contribution in [0.1, 0.15) is 35.2 Å². The van der Waals surface area contributed by atoms with E-state index >= 15 is 0 Å². The molecule has 5 heteroatoms. The fraction of sp³-hybridized carbons (Fsp3) is 0.231. The van der Waals surface area contributed by atoms with Crippen LogP contribution in [0.25, 0.3) is 10.8 Å². The summed E-state index contributed by atoms with van der Waals surface area (Å²) in [5.41, 5.74) is 4.16. The number of carbonyl (C=O) groups is 1. The zero-order chi connectivity index (χ0) is 21.9. The van der Waals surface area contributed by atoms with Crippen LogP contribution in [0.3, 0.4) is 0 Å². The minimum atomic E-state index is -0.383. The molecule has 3 aromatic rings. The fourth-order valence-electron chi connectivity index (χ4n) is 3.01. The first-order valence-electron chi connectivity index (χ1n) is 10.2. The molecule has 5 nitrogen and oxygen atoms in total. The van der Waals surface area contributed by atoms with Gasteiger partial charge in [-0.25, -0.2) is 4.79 Å². The number of aryl methyl sites for hydroxylation is 1. The van der Waals surface area contributed by atoms with Gasteiger partial charge in [-0.05, 0) is 73.4 Å². The highest BCUT2D eigenvalue weighted by Gasteiger charge is 2.10.